The molecule has 0 saturated heterocycles. The topological polar surface area (TPSA) is 111 Å². The first-order valence-electron chi connectivity index (χ1n) is 25.3. The van der Waals surface area contributed by atoms with Crippen molar-refractivity contribution in [1.82, 2.24) is 0 Å². The van der Waals surface area contributed by atoms with Gasteiger partial charge in [0.2, 0.25) is 0 Å². The summed E-state index contributed by atoms with van der Waals surface area (Å²) in [7, 11) is 1.14. The molecule has 0 aromatic heterocycles. The maximum atomic E-state index is 12.7. The van der Waals surface area contributed by atoms with Gasteiger partial charge in [-0.2, -0.15) is 0 Å². The van der Waals surface area contributed by atoms with Crippen LogP contribution in [-0.4, -0.2) is 70.0 Å². The van der Waals surface area contributed by atoms with Crippen LogP contribution in [0.2, 0.25) is 0 Å². The van der Waals surface area contributed by atoms with E-state index >= 15 is 0 Å². The van der Waals surface area contributed by atoms with Gasteiger partial charge in [-0.1, -0.05) is 182 Å². The third-order valence-corrected chi connectivity index (χ3v) is 11.3. The molecule has 0 radical (unpaired) electrons. The fourth-order valence-electron chi connectivity index (χ4n) is 6.48. The summed E-state index contributed by atoms with van der Waals surface area (Å²) in [5.41, 5.74) is 0. The molecule has 0 aromatic carbocycles. The van der Waals surface area contributed by atoms with Crippen molar-refractivity contribution in [1.29, 1.82) is 0 Å². The van der Waals surface area contributed by atoms with Crippen molar-refractivity contribution in [3.8, 4) is 0 Å². The van der Waals surface area contributed by atoms with Crippen LogP contribution < -0.4 is 4.89 Å². The Bertz CT molecular complexity index is 1360. The van der Waals surface area contributed by atoms with Crippen LogP contribution in [-0.2, 0) is 32.7 Å². The normalized spacial score (nSPS) is 14.2. The number of carbonyl (C=O) groups excluding carboxylic acids is 2. The second-order valence-electron chi connectivity index (χ2n) is 17.8. The molecule has 0 spiro atoms. The number of ether oxygens (including phenoxy) is 2. The van der Waals surface area contributed by atoms with Crippen molar-refractivity contribution < 1.29 is 42.1 Å². The van der Waals surface area contributed by atoms with Crippen LogP contribution in [0.5, 0.6) is 0 Å². The maximum absolute atomic E-state index is 12.7. The first-order valence-corrected chi connectivity index (χ1v) is 26.8. The highest BCUT2D eigenvalue weighted by molar-refractivity contribution is 7.45. The fraction of sp³-hybridized carbons (Fsp3) is 0.704. The number of likely N-dealkylation sites (N-methyl/N-ethyl adjacent to an activating group) is 1. The lowest BCUT2D eigenvalue weighted by Crippen LogP contribution is -2.37. The Morgan fingerprint density at radius 3 is 1.33 bits per heavy atom. The molecule has 0 aliphatic rings. The van der Waals surface area contributed by atoms with E-state index < -0.39 is 32.5 Å². The van der Waals surface area contributed by atoms with Crippen molar-refractivity contribution in [2.45, 2.75) is 200 Å². The molecule has 0 heterocycles. The summed E-state index contributed by atoms with van der Waals surface area (Å²) in [6, 6.07) is 0. The Morgan fingerprint density at radius 1 is 0.500 bits per heavy atom. The van der Waals surface area contributed by atoms with Crippen LogP contribution >= 0.6 is 7.82 Å². The predicted molar refractivity (Wildman–Crippen MR) is 268 cm³/mol. The Kier molecular flexibility index (Phi) is 43.4. The molecule has 0 fully saturated rings. The molecule has 368 valence electrons. The van der Waals surface area contributed by atoms with Crippen LogP contribution in [0.3, 0.4) is 0 Å². The second kappa shape index (κ2) is 45.4. The number of phosphoric acid groups is 1. The summed E-state index contributed by atoms with van der Waals surface area (Å²) in [6.07, 6.45) is 59.0. The van der Waals surface area contributed by atoms with E-state index in [0.29, 0.717) is 23.9 Å². The highest BCUT2D eigenvalue weighted by Crippen LogP contribution is 2.38. The molecule has 0 saturated carbocycles. The minimum atomic E-state index is -4.64. The number of phosphoric ester groups is 1. The van der Waals surface area contributed by atoms with Gasteiger partial charge in [-0.15, -0.1) is 0 Å². The van der Waals surface area contributed by atoms with E-state index in [4.69, 9.17) is 18.5 Å². The lowest BCUT2D eigenvalue weighted by atomic mass is 10.0. The van der Waals surface area contributed by atoms with E-state index in [1.807, 2.05) is 21.1 Å². The molecule has 0 aliphatic carbocycles. The van der Waals surface area contributed by atoms with Gasteiger partial charge in [0.15, 0.2) is 6.10 Å². The molecule has 64 heavy (non-hydrogen) atoms. The smallest absolute Gasteiger partial charge is 0.306 e. The lowest BCUT2D eigenvalue weighted by Gasteiger charge is -2.28. The van der Waals surface area contributed by atoms with Gasteiger partial charge < -0.3 is 27.9 Å². The Morgan fingerprint density at radius 2 is 0.891 bits per heavy atom. The molecule has 0 rings (SSSR count). The van der Waals surface area contributed by atoms with E-state index in [9.17, 15) is 19.0 Å². The number of allylic oxidation sites excluding steroid dienone is 14. The second-order valence-corrected chi connectivity index (χ2v) is 19.2. The van der Waals surface area contributed by atoms with Gasteiger partial charge in [-0.25, -0.2) is 0 Å². The average Bonchev–Trinajstić information content (AvgIpc) is 3.25. The number of unbranched alkanes of at least 4 members (excludes halogenated alkanes) is 17. The molecular formula is C54H94NO8P. The molecule has 2 unspecified atom stereocenters. The fourth-order valence-corrected chi connectivity index (χ4v) is 7.21. The van der Waals surface area contributed by atoms with Gasteiger partial charge in [0.1, 0.15) is 19.8 Å². The van der Waals surface area contributed by atoms with E-state index in [-0.39, 0.29) is 26.1 Å². The van der Waals surface area contributed by atoms with Gasteiger partial charge in [0.25, 0.3) is 7.82 Å². The molecule has 9 nitrogen and oxygen atoms in total. The van der Waals surface area contributed by atoms with Crippen LogP contribution in [0, 0.1) is 0 Å². The maximum Gasteiger partial charge on any atom is 0.306 e. The standard InChI is InChI=1S/C54H94NO8P/c1-6-8-10-12-14-16-18-20-21-22-23-24-25-26-27-28-29-30-31-32-33-35-37-39-41-43-45-47-54(57)63-52(51-62-64(58,59)61-49-48-55(3,4)5)50-60-53(56)46-44-42-40-38-36-34-19-17-15-13-11-9-7-2/h8,10-11,13-14,16-17,19-21,23-24,26-27,52H,6-7,9,12,15,18,22,25,28-51H2,1-5H3/b10-8-,13-11-,16-14-,19-17-,21-20-,24-23-,27-26-. The number of quaternary nitrogens is 1. The van der Waals surface area contributed by atoms with Crippen molar-refractivity contribution in [2.24, 2.45) is 0 Å². The summed E-state index contributed by atoms with van der Waals surface area (Å²) >= 11 is 0. The lowest BCUT2D eigenvalue weighted by molar-refractivity contribution is -0.870. The Labute approximate surface area is 392 Å². The largest absolute Gasteiger partial charge is 0.756 e. The van der Waals surface area contributed by atoms with Crippen LogP contribution in [0.1, 0.15) is 194 Å². The molecule has 0 N–H and O–H groups in total. The number of esters is 2. The predicted octanol–water partition coefficient (Wildman–Crippen LogP) is 14.5. The third kappa shape index (κ3) is 48.6. The zero-order chi connectivity index (χ0) is 47.1. The first kappa shape index (κ1) is 61.2. The van der Waals surface area contributed by atoms with Gasteiger partial charge in [-0.3, -0.25) is 14.2 Å². The van der Waals surface area contributed by atoms with Gasteiger partial charge in [0.05, 0.1) is 27.7 Å². The van der Waals surface area contributed by atoms with E-state index in [1.54, 1.807) is 0 Å². The number of hydrogen-bond acceptors (Lipinski definition) is 8. The quantitative estimate of drug-likeness (QED) is 0.0195. The molecule has 0 aliphatic heterocycles. The van der Waals surface area contributed by atoms with E-state index in [1.165, 1.54) is 51.4 Å². The number of nitrogens with zero attached hydrogens (tertiary/aromatic N) is 1. The van der Waals surface area contributed by atoms with Crippen molar-refractivity contribution in [3.05, 3.63) is 85.1 Å². The molecule has 2 atom stereocenters. The van der Waals surface area contributed by atoms with Crippen LogP contribution in [0.25, 0.3) is 0 Å². The van der Waals surface area contributed by atoms with Crippen molar-refractivity contribution >= 4 is 19.8 Å². The summed E-state index contributed by atoms with van der Waals surface area (Å²) in [5.74, 6) is -0.859. The average molecular weight is 916 g/mol. The van der Waals surface area contributed by atoms with Crippen LogP contribution in [0.4, 0.5) is 0 Å². The molecule has 0 amide bonds. The number of carbonyl (C=O) groups is 2. The summed E-state index contributed by atoms with van der Waals surface area (Å²) in [4.78, 5) is 37.7. The number of hydrogen-bond donors (Lipinski definition) is 0. The SMILES string of the molecule is CC/C=C\C/C=C\C/C=C\C/C=C\C/C=C\CCCCCCCCCCCCCC(=O)OC(COC(=O)CCCCCCC/C=C\C/C=C\CCC)COP(=O)([O-])OCC[N+](C)(C)C. The van der Waals surface area contributed by atoms with Crippen molar-refractivity contribution in [2.75, 3.05) is 47.5 Å². The number of rotatable bonds is 45. The molecular weight excluding hydrogens is 822 g/mol. The zero-order valence-corrected chi connectivity index (χ0v) is 42.3. The summed E-state index contributed by atoms with van der Waals surface area (Å²) < 4.78 is 34.0. The van der Waals surface area contributed by atoms with Gasteiger partial charge >= 0.3 is 11.9 Å². The summed E-state index contributed by atoms with van der Waals surface area (Å²) in [6.45, 7) is 4.02. The Hall–Kier alpha value is -2.81. The van der Waals surface area contributed by atoms with E-state index in [2.05, 4.69) is 98.9 Å². The summed E-state index contributed by atoms with van der Waals surface area (Å²) in [5, 5.41) is 0. The van der Waals surface area contributed by atoms with E-state index in [0.717, 1.165) is 103 Å². The molecule has 10 heteroatoms. The van der Waals surface area contributed by atoms with Gasteiger partial charge in [-0.05, 0) is 83.5 Å². The van der Waals surface area contributed by atoms with Crippen molar-refractivity contribution in [3.63, 3.8) is 0 Å². The molecule has 0 aromatic rings. The monoisotopic (exact) mass is 916 g/mol. The highest BCUT2D eigenvalue weighted by Gasteiger charge is 2.21. The highest BCUT2D eigenvalue weighted by atomic mass is 31.2. The minimum absolute atomic E-state index is 0.0376. The third-order valence-electron chi connectivity index (χ3n) is 10.4. The Balaban J connectivity index is 4.21. The van der Waals surface area contributed by atoms with Crippen LogP contribution in [0.15, 0.2) is 85.1 Å². The minimum Gasteiger partial charge on any atom is -0.756 e. The first-order chi connectivity index (χ1) is 31.0. The molecule has 0 bridgehead atoms. The zero-order valence-electron chi connectivity index (χ0n) is 41.4. The van der Waals surface area contributed by atoms with Gasteiger partial charge in [0, 0.05) is 12.8 Å².